The molecule has 156 valence electrons. The molecular weight excluding hydrogens is 398 g/mol. The van der Waals surface area contributed by atoms with Crippen molar-refractivity contribution in [2.75, 3.05) is 21.0 Å². The van der Waals surface area contributed by atoms with E-state index in [-0.39, 0.29) is 12.7 Å². The molecule has 0 unspecified atom stereocenters. The van der Waals surface area contributed by atoms with Crippen molar-refractivity contribution in [3.05, 3.63) is 67.0 Å². The minimum absolute atomic E-state index is 0.0605. The van der Waals surface area contributed by atoms with Crippen LogP contribution in [0.1, 0.15) is 10.5 Å². The largest absolute Gasteiger partial charge is 0.493 e. The van der Waals surface area contributed by atoms with Crippen LogP contribution in [0.4, 0.5) is 0 Å². The fraction of sp³-hybridized carbons (Fsp3) is 0.130. The van der Waals surface area contributed by atoms with Gasteiger partial charge in [0.2, 0.25) is 18.3 Å². The van der Waals surface area contributed by atoms with Gasteiger partial charge in [-0.15, -0.1) is 0 Å². The van der Waals surface area contributed by atoms with Crippen molar-refractivity contribution in [1.29, 1.82) is 0 Å². The number of carbonyl (C=O) groups is 1. The summed E-state index contributed by atoms with van der Waals surface area (Å²) in [7, 11) is 3.11. The normalized spacial score (nSPS) is 12.1. The van der Waals surface area contributed by atoms with Gasteiger partial charge in [-0.25, -0.2) is 4.98 Å². The molecule has 2 aromatic carbocycles. The Morgan fingerprint density at radius 3 is 2.61 bits per heavy atom. The van der Waals surface area contributed by atoms with Crippen LogP contribution in [0.2, 0.25) is 0 Å². The molecule has 4 aromatic rings. The molecule has 0 spiro atoms. The van der Waals surface area contributed by atoms with Crippen LogP contribution in [0, 0.1) is 0 Å². The Labute approximate surface area is 178 Å². The molecule has 1 aliphatic heterocycles. The third-order valence-corrected chi connectivity index (χ3v) is 5.17. The smallest absolute Gasteiger partial charge is 0.280 e. The van der Waals surface area contributed by atoms with Crippen LogP contribution in [0.5, 0.6) is 23.0 Å². The Bertz CT molecular complexity index is 1250. The number of methoxy groups -OCH3 is 2. The van der Waals surface area contributed by atoms with E-state index in [0.29, 0.717) is 39.8 Å². The van der Waals surface area contributed by atoms with Crippen molar-refractivity contribution in [2.24, 2.45) is 0 Å². The molecule has 0 amide bonds. The van der Waals surface area contributed by atoms with Crippen LogP contribution in [0.15, 0.2) is 61.3 Å². The number of fused-ring (bicyclic) bond motifs is 1. The van der Waals surface area contributed by atoms with Gasteiger partial charge in [0.1, 0.15) is 12.0 Å². The summed E-state index contributed by atoms with van der Waals surface area (Å²) in [6.07, 6.45) is 6.44. The summed E-state index contributed by atoms with van der Waals surface area (Å²) < 4.78 is 23.9. The van der Waals surface area contributed by atoms with Crippen molar-refractivity contribution in [3.63, 3.8) is 0 Å². The predicted molar refractivity (Wildman–Crippen MR) is 113 cm³/mol. The zero-order chi connectivity index (χ0) is 21.4. The molecule has 0 radical (unpaired) electrons. The van der Waals surface area contributed by atoms with Crippen LogP contribution in [0.3, 0.4) is 0 Å². The maximum Gasteiger partial charge on any atom is 0.280 e. The first kappa shape index (κ1) is 18.8. The quantitative estimate of drug-likeness (QED) is 0.529. The average Bonchev–Trinajstić information content (AvgIpc) is 3.58. The predicted octanol–water partition coefficient (Wildman–Crippen LogP) is 3.98. The zero-order valence-corrected chi connectivity index (χ0v) is 16.9. The average molecular weight is 417 g/mol. The van der Waals surface area contributed by atoms with Crippen LogP contribution < -0.4 is 18.9 Å². The summed E-state index contributed by atoms with van der Waals surface area (Å²) in [5, 5.41) is 0. The van der Waals surface area contributed by atoms with Gasteiger partial charge in [-0.3, -0.25) is 9.36 Å². The van der Waals surface area contributed by atoms with E-state index < -0.39 is 0 Å². The number of H-pyrrole nitrogens is 1. The Balaban J connectivity index is 1.81. The van der Waals surface area contributed by atoms with E-state index in [9.17, 15) is 4.79 Å². The fourth-order valence-electron chi connectivity index (χ4n) is 3.78. The number of hydrogen-bond donors (Lipinski definition) is 1. The lowest BCUT2D eigenvalue weighted by Gasteiger charge is -2.16. The van der Waals surface area contributed by atoms with E-state index in [1.165, 1.54) is 10.9 Å². The number of nitrogens with zero attached hydrogens (tertiary/aromatic N) is 2. The lowest BCUT2D eigenvalue weighted by Crippen LogP contribution is -2.11. The van der Waals surface area contributed by atoms with Crippen molar-refractivity contribution < 1.29 is 23.7 Å². The van der Waals surface area contributed by atoms with E-state index >= 15 is 0 Å². The van der Waals surface area contributed by atoms with Gasteiger partial charge in [0.05, 0.1) is 14.2 Å². The number of rotatable bonds is 5. The first-order valence-corrected chi connectivity index (χ1v) is 9.57. The lowest BCUT2D eigenvalue weighted by atomic mass is 9.95. The molecule has 8 nitrogen and oxygen atoms in total. The maximum absolute atomic E-state index is 13.3. The zero-order valence-electron chi connectivity index (χ0n) is 16.9. The summed E-state index contributed by atoms with van der Waals surface area (Å²) >= 11 is 0. The molecule has 0 bridgehead atoms. The minimum atomic E-state index is -0.256. The van der Waals surface area contributed by atoms with Crippen LogP contribution >= 0.6 is 0 Å². The van der Waals surface area contributed by atoms with Gasteiger partial charge in [-0.1, -0.05) is 30.3 Å². The molecule has 0 saturated heterocycles. The molecule has 1 N–H and O–H groups in total. The molecule has 0 aliphatic carbocycles. The third-order valence-electron chi connectivity index (χ3n) is 5.17. The first-order valence-electron chi connectivity index (χ1n) is 9.57. The molecule has 2 aromatic heterocycles. The Morgan fingerprint density at radius 1 is 1.10 bits per heavy atom. The lowest BCUT2D eigenvalue weighted by molar-refractivity contribution is 0.0956. The van der Waals surface area contributed by atoms with E-state index in [0.717, 1.165) is 11.1 Å². The van der Waals surface area contributed by atoms with Gasteiger partial charge in [-0.2, -0.15) is 0 Å². The molecule has 8 heteroatoms. The topological polar surface area (TPSA) is 87.6 Å². The Morgan fingerprint density at radius 2 is 1.90 bits per heavy atom. The molecule has 1 aliphatic rings. The number of aromatic nitrogens is 3. The molecule has 0 fully saturated rings. The van der Waals surface area contributed by atoms with Crippen LogP contribution in [0.25, 0.3) is 22.3 Å². The van der Waals surface area contributed by atoms with Gasteiger partial charge < -0.3 is 23.9 Å². The summed E-state index contributed by atoms with van der Waals surface area (Å²) in [5.41, 5.74) is 3.47. The van der Waals surface area contributed by atoms with Gasteiger partial charge >= 0.3 is 0 Å². The number of hydrogen-bond acceptors (Lipinski definition) is 6. The molecule has 0 saturated carbocycles. The second kappa shape index (κ2) is 7.56. The highest BCUT2D eigenvalue weighted by molar-refractivity contribution is 6.06. The number of aromatic amines is 1. The fourth-order valence-corrected chi connectivity index (χ4v) is 3.78. The second-order valence-corrected chi connectivity index (χ2v) is 6.82. The second-order valence-electron chi connectivity index (χ2n) is 6.82. The van der Waals surface area contributed by atoms with Crippen LogP contribution in [-0.4, -0.2) is 41.5 Å². The van der Waals surface area contributed by atoms with Gasteiger partial charge in [0.25, 0.3) is 5.91 Å². The highest BCUT2D eigenvalue weighted by Crippen LogP contribution is 2.54. The van der Waals surface area contributed by atoms with Gasteiger partial charge in [0, 0.05) is 35.3 Å². The van der Waals surface area contributed by atoms with Crippen molar-refractivity contribution in [2.45, 2.75) is 0 Å². The SMILES string of the molecule is COc1cc(-c2c(-c3ccccc3)c[nH]c2C(=O)n2ccnc2)c(OC)c2c1OCO2. The van der Waals surface area contributed by atoms with Gasteiger partial charge in [0.15, 0.2) is 11.5 Å². The monoisotopic (exact) mass is 417 g/mol. The van der Waals surface area contributed by atoms with Crippen molar-refractivity contribution >= 4 is 5.91 Å². The minimum Gasteiger partial charge on any atom is -0.493 e. The van der Waals surface area contributed by atoms with E-state index in [1.807, 2.05) is 36.5 Å². The summed E-state index contributed by atoms with van der Waals surface area (Å²) in [6, 6.07) is 11.6. The van der Waals surface area contributed by atoms with Gasteiger partial charge in [-0.05, 0) is 11.6 Å². The summed E-state index contributed by atoms with van der Waals surface area (Å²) in [6.45, 7) is 0.0605. The van der Waals surface area contributed by atoms with Crippen LogP contribution in [-0.2, 0) is 0 Å². The standard InChI is InChI=1S/C23H19N3O5/c1-28-17-10-15(20(29-2)22-21(17)30-13-31-22)18-16(14-6-4-3-5-7-14)11-25-19(18)23(27)26-9-8-24-12-26/h3-12,25H,13H2,1-2H3. The number of nitrogens with one attached hydrogen (secondary N) is 1. The number of imidazole rings is 1. The number of ether oxygens (including phenoxy) is 4. The third kappa shape index (κ3) is 3.00. The summed E-state index contributed by atoms with van der Waals surface area (Å²) in [4.78, 5) is 20.4. The Kier molecular flexibility index (Phi) is 4.59. The highest BCUT2D eigenvalue weighted by atomic mass is 16.7. The van der Waals surface area contributed by atoms with E-state index in [4.69, 9.17) is 18.9 Å². The summed E-state index contributed by atoms with van der Waals surface area (Å²) in [5.74, 6) is 1.61. The van der Waals surface area contributed by atoms with E-state index in [2.05, 4.69) is 9.97 Å². The number of benzene rings is 2. The maximum atomic E-state index is 13.3. The Hall–Kier alpha value is -4.20. The first-order chi connectivity index (χ1) is 15.2. The van der Waals surface area contributed by atoms with Crippen molar-refractivity contribution in [3.8, 4) is 45.3 Å². The molecule has 0 atom stereocenters. The van der Waals surface area contributed by atoms with Crippen molar-refractivity contribution in [1.82, 2.24) is 14.5 Å². The molecule has 3 heterocycles. The van der Waals surface area contributed by atoms with E-state index in [1.54, 1.807) is 32.7 Å². The highest BCUT2D eigenvalue weighted by Gasteiger charge is 2.31. The molecule has 5 rings (SSSR count). The molecular formula is C23H19N3O5. The number of carbonyl (C=O) groups excluding carboxylic acids is 1. The molecule has 31 heavy (non-hydrogen) atoms.